The number of hydrogen-bond donors (Lipinski definition) is 2. The lowest BCUT2D eigenvalue weighted by atomic mass is 10.0. The zero-order valence-electron chi connectivity index (χ0n) is 9.29. The number of hydrogen-bond acceptors (Lipinski definition) is 3. The predicted molar refractivity (Wildman–Crippen MR) is 52.5 cm³/mol. The molecular weight excluding hydrogens is 225 g/mol. The SMILES string of the molecule is CC(C)[C@H](N)C(=O)N(CCO)CC(F)(F)F. The van der Waals surface area contributed by atoms with Crippen LogP contribution in [0.5, 0.6) is 0 Å². The average Bonchev–Trinajstić information content (AvgIpc) is 2.12. The van der Waals surface area contributed by atoms with Crippen LogP contribution in [0.3, 0.4) is 0 Å². The largest absolute Gasteiger partial charge is 0.406 e. The first-order valence-electron chi connectivity index (χ1n) is 4.91. The number of carbonyl (C=O) groups is 1. The predicted octanol–water partition coefficient (Wildman–Crippen LogP) is 0.353. The smallest absolute Gasteiger partial charge is 0.395 e. The Morgan fingerprint density at radius 2 is 1.94 bits per heavy atom. The minimum atomic E-state index is -4.48. The van der Waals surface area contributed by atoms with Gasteiger partial charge in [0, 0.05) is 6.54 Å². The Bertz CT molecular complexity index is 231. The summed E-state index contributed by atoms with van der Waals surface area (Å²) in [4.78, 5) is 12.1. The number of aliphatic hydroxyl groups excluding tert-OH is 1. The highest BCUT2D eigenvalue weighted by molar-refractivity contribution is 5.82. The van der Waals surface area contributed by atoms with Gasteiger partial charge in [0.05, 0.1) is 12.6 Å². The molecule has 16 heavy (non-hydrogen) atoms. The van der Waals surface area contributed by atoms with E-state index in [1.807, 2.05) is 0 Å². The van der Waals surface area contributed by atoms with Crippen LogP contribution in [-0.2, 0) is 4.79 Å². The number of rotatable bonds is 5. The van der Waals surface area contributed by atoms with Gasteiger partial charge in [-0.25, -0.2) is 0 Å². The van der Waals surface area contributed by atoms with Crippen molar-refractivity contribution >= 4 is 5.91 Å². The summed E-state index contributed by atoms with van der Waals surface area (Å²) in [6.45, 7) is 1.03. The van der Waals surface area contributed by atoms with Crippen molar-refractivity contribution in [3.8, 4) is 0 Å². The molecule has 0 aliphatic rings. The van der Waals surface area contributed by atoms with Gasteiger partial charge >= 0.3 is 6.18 Å². The fourth-order valence-electron chi connectivity index (χ4n) is 1.10. The molecule has 1 atom stereocenters. The van der Waals surface area contributed by atoms with Gasteiger partial charge in [0.25, 0.3) is 0 Å². The van der Waals surface area contributed by atoms with E-state index in [-0.39, 0.29) is 12.5 Å². The highest BCUT2D eigenvalue weighted by Gasteiger charge is 2.34. The monoisotopic (exact) mass is 242 g/mol. The van der Waals surface area contributed by atoms with Crippen LogP contribution in [0.2, 0.25) is 0 Å². The van der Waals surface area contributed by atoms with Crippen molar-refractivity contribution in [2.75, 3.05) is 19.7 Å². The molecule has 0 aromatic rings. The molecule has 0 fully saturated rings. The molecule has 0 unspecified atom stereocenters. The number of aliphatic hydroxyl groups is 1. The van der Waals surface area contributed by atoms with Gasteiger partial charge in [-0.1, -0.05) is 13.8 Å². The number of alkyl halides is 3. The van der Waals surface area contributed by atoms with Crippen molar-refractivity contribution in [3.63, 3.8) is 0 Å². The average molecular weight is 242 g/mol. The fourth-order valence-corrected chi connectivity index (χ4v) is 1.10. The second-order valence-corrected chi connectivity index (χ2v) is 3.87. The molecular formula is C9H17F3N2O2. The molecule has 0 spiro atoms. The molecule has 7 heteroatoms. The summed E-state index contributed by atoms with van der Waals surface area (Å²) in [5.74, 6) is -1.04. The Morgan fingerprint density at radius 3 is 2.25 bits per heavy atom. The highest BCUT2D eigenvalue weighted by atomic mass is 19.4. The first-order chi connectivity index (χ1) is 7.19. The van der Waals surface area contributed by atoms with Crippen LogP contribution in [0.15, 0.2) is 0 Å². The van der Waals surface area contributed by atoms with E-state index < -0.39 is 31.3 Å². The van der Waals surface area contributed by atoms with Gasteiger partial charge in [-0.15, -0.1) is 0 Å². The Morgan fingerprint density at radius 1 is 1.44 bits per heavy atom. The van der Waals surface area contributed by atoms with Crippen molar-refractivity contribution < 1.29 is 23.1 Å². The Balaban J connectivity index is 4.59. The summed E-state index contributed by atoms with van der Waals surface area (Å²) in [6, 6.07) is -0.978. The maximum Gasteiger partial charge on any atom is 0.406 e. The van der Waals surface area contributed by atoms with Gasteiger partial charge in [0.1, 0.15) is 6.54 Å². The normalized spacial score (nSPS) is 14.0. The van der Waals surface area contributed by atoms with Crippen molar-refractivity contribution in [2.24, 2.45) is 11.7 Å². The maximum absolute atomic E-state index is 12.1. The third-order valence-corrected chi connectivity index (χ3v) is 2.06. The molecule has 4 nitrogen and oxygen atoms in total. The van der Waals surface area contributed by atoms with E-state index in [1.165, 1.54) is 0 Å². The molecule has 0 saturated heterocycles. The van der Waals surface area contributed by atoms with Crippen LogP contribution in [0.1, 0.15) is 13.8 Å². The molecule has 1 amide bonds. The fraction of sp³-hybridized carbons (Fsp3) is 0.889. The van der Waals surface area contributed by atoms with Crippen molar-refractivity contribution in [3.05, 3.63) is 0 Å². The molecule has 0 aromatic carbocycles. The van der Waals surface area contributed by atoms with Crippen LogP contribution in [0.4, 0.5) is 13.2 Å². The summed E-state index contributed by atoms with van der Waals surface area (Å²) >= 11 is 0. The Kier molecular flexibility index (Phi) is 5.74. The molecule has 0 heterocycles. The minimum absolute atomic E-state index is 0.248. The summed E-state index contributed by atoms with van der Waals surface area (Å²) in [6.07, 6.45) is -4.48. The third kappa shape index (κ3) is 5.32. The van der Waals surface area contributed by atoms with Crippen molar-refractivity contribution in [1.29, 1.82) is 0 Å². The molecule has 0 aliphatic heterocycles. The first kappa shape index (κ1) is 15.2. The number of amides is 1. The van der Waals surface area contributed by atoms with Gasteiger partial charge < -0.3 is 15.7 Å². The summed E-state index contributed by atoms with van der Waals surface area (Å²) in [5, 5.41) is 8.60. The molecule has 3 N–H and O–H groups in total. The van der Waals surface area contributed by atoms with Gasteiger partial charge in [-0.05, 0) is 5.92 Å². The zero-order chi connectivity index (χ0) is 12.9. The van der Waals surface area contributed by atoms with Crippen LogP contribution in [0, 0.1) is 5.92 Å². The van der Waals surface area contributed by atoms with E-state index in [4.69, 9.17) is 10.8 Å². The summed E-state index contributed by atoms with van der Waals surface area (Å²) < 4.78 is 36.4. The second kappa shape index (κ2) is 6.05. The number of nitrogens with two attached hydrogens (primary N) is 1. The molecule has 0 aromatic heterocycles. The van der Waals surface area contributed by atoms with Crippen molar-refractivity contribution in [2.45, 2.75) is 26.1 Å². The van der Waals surface area contributed by atoms with Crippen LogP contribution in [-0.4, -0.2) is 47.8 Å². The zero-order valence-corrected chi connectivity index (χ0v) is 9.29. The summed E-state index contributed by atoms with van der Waals surface area (Å²) in [5.41, 5.74) is 5.47. The molecule has 0 saturated carbocycles. The van der Waals surface area contributed by atoms with Gasteiger partial charge in [-0.3, -0.25) is 4.79 Å². The Labute approximate surface area is 92.2 Å². The van der Waals surface area contributed by atoms with E-state index in [9.17, 15) is 18.0 Å². The molecule has 0 aliphatic carbocycles. The van der Waals surface area contributed by atoms with E-state index >= 15 is 0 Å². The van der Waals surface area contributed by atoms with Gasteiger partial charge in [0.2, 0.25) is 5.91 Å². The number of nitrogens with zero attached hydrogens (tertiary/aromatic N) is 1. The molecule has 0 rings (SSSR count). The second-order valence-electron chi connectivity index (χ2n) is 3.87. The van der Waals surface area contributed by atoms with Crippen LogP contribution < -0.4 is 5.73 Å². The minimum Gasteiger partial charge on any atom is -0.395 e. The van der Waals surface area contributed by atoms with E-state index in [1.54, 1.807) is 13.8 Å². The molecule has 0 bridgehead atoms. The van der Waals surface area contributed by atoms with E-state index in [0.717, 1.165) is 0 Å². The topological polar surface area (TPSA) is 66.6 Å². The molecule has 0 radical (unpaired) electrons. The standard InChI is InChI=1S/C9H17F3N2O2/c1-6(2)7(13)8(16)14(3-4-15)5-9(10,11)12/h6-7,15H,3-5,13H2,1-2H3/t7-/m0/s1. The third-order valence-electron chi connectivity index (χ3n) is 2.06. The van der Waals surface area contributed by atoms with Gasteiger partial charge in [-0.2, -0.15) is 13.2 Å². The first-order valence-corrected chi connectivity index (χ1v) is 4.91. The van der Waals surface area contributed by atoms with Crippen LogP contribution >= 0.6 is 0 Å². The summed E-state index contributed by atoms with van der Waals surface area (Å²) in [7, 11) is 0. The lowest BCUT2D eigenvalue weighted by molar-refractivity contribution is -0.163. The lowest BCUT2D eigenvalue weighted by Gasteiger charge is -2.27. The quantitative estimate of drug-likeness (QED) is 0.731. The van der Waals surface area contributed by atoms with Gasteiger partial charge in [0.15, 0.2) is 0 Å². The number of carbonyl (C=O) groups excluding carboxylic acids is 1. The van der Waals surface area contributed by atoms with E-state index in [0.29, 0.717) is 4.90 Å². The number of halogens is 3. The van der Waals surface area contributed by atoms with E-state index in [2.05, 4.69) is 0 Å². The molecule has 96 valence electrons. The Hall–Kier alpha value is -0.820. The van der Waals surface area contributed by atoms with Crippen molar-refractivity contribution in [1.82, 2.24) is 4.90 Å². The maximum atomic E-state index is 12.1. The lowest BCUT2D eigenvalue weighted by Crippen LogP contribution is -2.50. The highest BCUT2D eigenvalue weighted by Crippen LogP contribution is 2.17. The van der Waals surface area contributed by atoms with Crippen LogP contribution in [0.25, 0.3) is 0 Å².